The lowest BCUT2D eigenvalue weighted by Gasteiger charge is -2.23. The van der Waals surface area contributed by atoms with E-state index < -0.39 is 30.2 Å². The molecule has 0 spiro atoms. The third-order valence-corrected chi connectivity index (χ3v) is 6.60. The van der Waals surface area contributed by atoms with Gasteiger partial charge in [0.1, 0.15) is 19.0 Å². The van der Waals surface area contributed by atoms with E-state index in [1.165, 1.54) is 11.0 Å². The molecule has 1 amide bonds. The number of nitrogens with zero attached hydrogens (tertiary/aromatic N) is 1. The van der Waals surface area contributed by atoms with Gasteiger partial charge in [-0.3, -0.25) is 4.79 Å². The van der Waals surface area contributed by atoms with Crippen molar-refractivity contribution >= 4 is 12.1 Å². The van der Waals surface area contributed by atoms with Gasteiger partial charge in [-0.1, -0.05) is 84.9 Å². The summed E-state index contributed by atoms with van der Waals surface area (Å²) in [6.45, 7) is 2.30. The summed E-state index contributed by atoms with van der Waals surface area (Å²) in [7, 11) is 0. The minimum Gasteiger partial charge on any atom is -0.488 e. The second-order valence-electron chi connectivity index (χ2n) is 9.56. The van der Waals surface area contributed by atoms with Crippen molar-refractivity contribution in [2.75, 3.05) is 6.54 Å². The van der Waals surface area contributed by atoms with Crippen molar-refractivity contribution in [3.63, 3.8) is 0 Å². The molecule has 0 aliphatic carbocycles. The van der Waals surface area contributed by atoms with E-state index in [-0.39, 0.29) is 31.1 Å². The van der Waals surface area contributed by atoms with Gasteiger partial charge in [0.15, 0.2) is 0 Å². The number of carbonyl (C=O) groups is 2. The lowest BCUT2D eigenvalue weighted by atomic mass is 9.93. The van der Waals surface area contributed by atoms with Crippen LogP contribution in [0.2, 0.25) is 0 Å². The highest BCUT2D eigenvalue weighted by Gasteiger charge is 2.35. The molecule has 0 saturated heterocycles. The second kappa shape index (κ2) is 13.7. The molecule has 1 N–H and O–H groups in total. The maximum Gasteiger partial charge on any atom is 0.416 e. The van der Waals surface area contributed by atoms with Gasteiger partial charge < -0.3 is 19.5 Å². The Labute approximate surface area is 241 Å². The average molecular weight is 578 g/mol. The number of carbonyl (C=O) groups excluding carboxylic acids is 1. The van der Waals surface area contributed by atoms with Gasteiger partial charge in [-0.25, -0.2) is 4.79 Å². The summed E-state index contributed by atoms with van der Waals surface area (Å²) in [4.78, 5) is 26.0. The standard InChI is InChI=1S/C33H30F3NO5/c1-2-37(32(40)42-22-24-13-7-4-8-14-24)20-25-15-9-10-16-27(25)28-17-26(18-31(38)39)29(33(34,35)36)19-30(28)41-21-23-11-5-3-6-12-23/h3-17,19H,2,18,20-22H2,1H3,(H,38,39). The van der Waals surface area contributed by atoms with Crippen LogP contribution in [0, 0.1) is 0 Å². The van der Waals surface area contributed by atoms with Crippen molar-refractivity contribution in [3.8, 4) is 16.9 Å². The number of alkyl halides is 3. The summed E-state index contributed by atoms with van der Waals surface area (Å²) in [5.41, 5.74) is 1.54. The van der Waals surface area contributed by atoms with Crippen LogP contribution in [0.4, 0.5) is 18.0 Å². The zero-order valence-corrected chi connectivity index (χ0v) is 22.9. The summed E-state index contributed by atoms with van der Waals surface area (Å²) >= 11 is 0. The van der Waals surface area contributed by atoms with E-state index in [0.717, 1.165) is 17.2 Å². The van der Waals surface area contributed by atoms with Crippen LogP contribution in [-0.2, 0) is 41.9 Å². The molecule has 0 fully saturated rings. The van der Waals surface area contributed by atoms with Crippen molar-refractivity contribution in [2.45, 2.75) is 39.3 Å². The molecule has 4 aromatic rings. The Hall–Kier alpha value is -4.79. The lowest BCUT2D eigenvalue weighted by molar-refractivity contribution is -0.139. The average Bonchev–Trinajstić information content (AvgIpc) is 2.98. The van der Waals surface area contributed by atoms with E-state index in [0.29, 0.717) is 23.2 Å². The number of amides is 1. The Balaban J connectivity index is 1.71. The predicted molar refractivity (Wildman–Crippen MR) is 152 cm³/mol. The second-order valence-corrected chi connectivity index (χ2v) is 9.56. The number of benzene rings is 4. The van der Waals surface area contributed by atoms with Crippen LogP contribution in [0.25, 0.3) is 11.1 Å². The van der Waals surface area contributed by atoms with Crippen LogP contribution in [-0.4, -0.2) is 28.6 Å². The molecule has 4 rings (SSSR count). The molecule has 0 heterocycles. The number of hydrogen-bond acceptors (Lipinski definition) is 4. The minimum absolute atomic E-state index is 0.00151. The van der Waals surface area contributed by atoms with Gasteiger partial charge in [-0.15, -0.1) is 0 Å². The third kappa shape index (κ3) is 7.90. The summed E-state index contributed by atoms with van der Waals surface area (Å²) in [5.74, 6) is -1.45. The predicted octanol–water partition coefficient (Wildman–Crippen LogP) is 7.74. The topological polar surface area (TPSA) is 76.1 Å². The highest BCUT2D eigenvalue weighted by Crippen LogP contribution is 2.41. The number of carboxylic acids is 1. The fourth-order valence-electron chi connectivity index (χ4n) is 4.51. The summed E-state index contributed by atoms with van der Waals surface area (Å²) in [5, 5.41) is 9.38. The Morgan fingerprint density at radius 2 is 1.38 bits per heavy atom. The number of rotatable bonds is 11. The van der Waals surface area contributed by atoms with Crippen LogP contribution in [0.15, 0.2) is 97.1 Å². The monoisotopic (exact) mass is 577 g/mol. The van der Waals surface area contributed by atoms with Gasteiger partial charge >= 0.3 is 18.2 Å². The van der Waals surface area contributed by atoms with Crippen LogP contribution in [0.1, 0.15) is 34.7 Å². The number of aliphatic carboxylic acids is 1. The van der Waals surface area contributed by atoms with Crippen LogP contribution < -0.4 is 4.74 Å². The third-order valence-electron chi connectivity index (χ3n) is 6.60. The summed E-state index contributed by atoms with van der Waals surface area (Å²) < 4.78 is 53.6. The fraction of sp³-hybridized carbons (Fsp3) is 0.212. The normalized spacial score (nSPS) is 11.1. The minimum atomic E-state index is -4.80. The molecule has 6 nitrogen and oxygen atoms in total. The zero-order valence-electron chi connectivity index (χ0n) is 22.9. The Bertz CT molecular complexity index is 1510. The molecule has 0 saturated carbocycles. The molecule has 0 atom stereocenters. The van der Waals surface area contributed by atoms with Crippen LogP contribution in [0.3, 0.4) is 0 Å². The summed E-state index contributed by atoms with van der Waals surface area (Å²) in [6, 6.07) is 27.3. The van der Waals surface area contributed by atoms with E-state index in [4.69, 9.17) is 9.47 Å². The van der Waals surface area contributed by atoms with E-state index >= 15 is 0 Å². The fourth-order valence-corrected chi connectivity index (χ4v) is 4.51. The van der Waals surface area contributed by atoms with E-state index in [2.05, 4.69) is 0 Å². The molecule has 0 bridgehead atoms. The van der Waals surface area contributed by atoms with Crippen molar-refractivity contribution in [2.24, 2.45) is 0 Å². The molecule has 218 valence electrons. The van der Waals surface area contributed by atoms with Gasteiger partial charge in [0, 0.05) is 18.7 Å². The van der Waals surface area contributed by atoms with E-state index in [1.807, 2.05) is 36.4 Å². The molecular weight excluding hydrogens is 547 g/mol. The van der Waals surface area contributed by atoms with Crippen LogP contribution in [0.5, 0.6) is 5.75 Å². The van der Waals surface area contributed by atoms with Crippen LogP contribution >= 0.6 is 0 Å². The Morgan fingerprint density at radius 3 is 1.98 bits per heavy atom. The Kier molecular flexibility index (Phi) is 9.85. The van der Waals surface area contributed by atoms with Gasteiger partial charge in [0.25, 0.3) is 0 Å². The van der Waals surface area contributed by atoms with Gasteiger partial charge in [0.05, 0.1) is 12.0 Å². The van der Waals surface area contributed by atoms with E-state index in [1.54, 1.807) is 55.5 Å². The highest BCUT2D eigenvalue weighted by atomic mass is 19.4. The molecule has 4 aromatic carbocycles. The summed E-state index contributed by atoms with van der Waals surface area (Å²) in [6.07, 6.45) is -6.17. The quantitative estimate of drug-likeness (QED) is 0.197. The molecule has 0 aliphatic rings. The Morgan fingerprint density at radius 1 is 0.786 bits per heavy atom. The highest BCUT2D eigenvalue weighted by molar-refractivity contribution is 5.78. The van der Waals surface area contributed by atoms with Gasteiger partial charge in [-0.2, -0.15) is 13.2 Å². The van der Waals surface area contributed by atoms with E-state index in [9.17, 15) is 27.9 Å². The maximum absolute atomic E-state index is 14.1. The molecule has 0 aromatic heterocycles. The van der Waals surface area contributed by atoms with Crippen molar-refractivity contribution in [3.05, 3.63) is 125 Å². The SMILES string of the molecule is CCN(Cc1ccccc1-c1cc(CC(=O)O)c(C(F)(F)F)cc1OCc1ccccc1)C(=O)OCc1ccccc1. The molecule has 9 heteroatoms. The number of hydrogen-bond donors (Lipinski definition) is 1. The first-order chi connectivity index (χ1) is 20.2. The number of halogens is 3. The molecular formula is C33H30F3NO5. The largest absolute Gasteiger partial charge is 0.488 e. The first kappa shape index (κ1) is 30.2. The van der Waals surface area contributed by atoms with Gasteiger partial charge in [-0.05, 0) is 46.9 Å². The van der Waals surface area contributed by atoms with Crippen molar-refractivity contribution < 1.29 is 37.3 Å². The number of carboxylic acid groups (broad SMARTS) is 1. The first-order valence-corrected chi connectivity index (χ1v) is 13.3. The first-order valence-electron chi connectivity index (χ1n) is 13.3. The lowest BCUT2D eigenvalue weighted by Crippen LogP contribution is -2.31. The molecule has 42 heavy (non-hydrogen) atoms. The molecule has 0 radical (unpaired) electrons. The van der Waals surface area contributed by atoms with Crippen molar-refractivity contribution in [1.82, 2.24) is 4.90 Å². The zero-order chi connectivity index (χ0) is 30.1. The smallest absolute Gasteiger partial charge is 0.416 e. The van der Waals surface area contributed by atoms with Gasteiger partial charge in [0.2, 0.25) is 0 Å². The van der Waals surface area contributed by atoms with Crippen molar-refractivity contribution in [1.29, 1.82) is 0 Å². The number of ether oxygens (including phenoxy) is 2. The maximum atomic E-state index is 14.1. The molecule has 0 unspecified atom stereocenters. The molecule has 0 aliphatic heterocycles.